The fourth-order valence-corrected chi connectivity index (χ4v) is 2.25. The molecule has 2 aromatic rings. The third kappa shape index (κ3) is 2.55. The predicted molar refractivity (Wildman–Crippen MR) is 76.5 cm³/mol. The molecule has 0 atom stereocenters. The molecule has 0 aliphatic heterocycles. The third-order valence-corrected chi connectivity index (χ3v) is 3.11. The summed E-state index contributed by atoms with van der Waals surface area (Å²) in [5.74, 6) is 3.02. The molecular formula is C17H18O. The van der Waals surface area contributed by atoms with Crippen LogP contribution in [-0.4, -0.2) is 6.61 Å². The molecule has 0 unspecified atom stereocenters. The Balaban J connectivity index is 2.44. The molecule has 0 fully saturated rings. The minimum absolute atomic E-state index is 0.361. The van der Waals surface area contributed by atoms with Gasteiger partial charge in [0, 0.05) is 0 Å². The van der Waals surface area contributed by atoms with Crippen LogP contribution in [0, 0.1) is 12.3 Å². The quantitative estimate of drug-likeness (QED) is 0.575. The van der Waals surface area contributed by atoms with Crippen molar-refractivity contribution in [2.75, 3.05) is 6.61 Å². The van der Waals surface area contributed by atoms with Crippen molar-refractivity contribution in [1.82, 2.24) is 0 Å². The first-order chi connectivity index (χ1) is 8.74. The predicted octanol–water partition coefficient (Wildman–Crippen LogP) is 4.11. The van der Waals surface area contributed by atoms with Crippen LogP contribution >= 0.6 is 0 Å². The van der Waals surface area contributed by atoms with Crippen LogP contribution in [0.25, 0.3) is 10.8 Å². The maximum Gasteiger partial charge on any atom is 0.107 e. The van der Waals surface area contributed by atoms with Crippen LogP contribution in [0.4, 0.5) is 0 Å². The highest BCUT2D eigenvalue weighted by molar-refractivity contribution is 5.89. The van der Waals surface area contributed by atoms with Crippen molar-refractivity contribution in [3.05, 3.63) is 47.5 Å². The number of rotatable bonds is 4. The lowest BCUT2D eigenvalue weighted by Gasteiger charge is -2.12. The molecule has 2 rings (SSSR count). The fraction of sp³-hybridized carbons (Fsp3) is 0.294. The van der Waals surface area contributed by atoms with Crippen LogP contribution in [0.5, 0.6) is 0 Å². The fourth-order valence-electron chi connectivity index (χ4n) is 2.25. The molecule has 0 radical (unpaired) electrons. The molecule has 1 heteroatoms. The number of benzene rings is 2. The summed E-state index contributed by atoms with van der Waals surface area (Å²) in [6, 6.07) is 12.8. The van der Waals surface area contributed by atoms with Crippen LogP contribution < -0.4 is 0 Å². The van der Waals surface area contributed by atoms with Gasteiger partial charge < -0.3 is 4.74 Å². The Morgan fingerprint density at radius 3 is 2.56 bits per heavy atom. The van der Waals surface area contributed by atoms with Crippen molar-refractivity contribution < 1.29 is 4.74 Å². The molecule has 18 heavy (non-hydrogen) atoms. The van der Waals surface area contributed by atoms with Gasteiger partial charge >= 0.3 is 0 Å². The molecule has 0 amide bonds. The van der Waals surface area contributed by atoms with Gasteiger partial charge in [-0.15, -0.1) is 6.42 Å². The van der Waals surface area contributed by atoms with Gasteiger partial charge in [0.15, 0.2) is 0 Å². The summed E-state index contributed by atoms with van der Waals surface area (Å²) in [6.45, 7) is 5.37. The summed E-state index contributed by atoms with van der Waals surface area (Å²) in [4.78, 5) is 0. The van der Waals surface area contributed by atoms with Crippen molar-refractivity contribution in [1.29, 1.82) is 0 Å². The monoisotopic (exact) mass is 238 g/mol. The highest BCUT2D eigenvalue weighted by Crippen LogP contribution is 2.27. The first-order valence-corrected chi connectivity index (χ1v) is 6.25. The van der Waals surface area contributed by atoms with Crippen molar-refractivity contribution in [3.8, 4) is 12.3 Å². The van der Waals surface area contributed by atoms with E-state index in [0.717, 1.165) is 0 Å². The number of ether oxygens (including phenoxy) is 1. The first-order valence-electron chi connectivity index (χ1n) is 6.25. The zero-order chi connectivity index (χ0) is 13.0. The lowest BCUT2D eigenvalue weighted by Crippen LogP contribution is -1.96. The molecule has 0 spiro atoms. The maximum absolute atomic E-state index is 5.44. The van der Waals surface area contributed by atoms with Crippen LogP contribution in [-0.2, 0) is 11.3 Å². The standard InChI is InChI=1S/C17H18O/c1-4-11-18-12-14-7-5-10-17-15(13(2)3)8-6-9-16(14)17/h1,5-10,13H,11-12H2,2-3H3. The Morgan fingerprint density at radius 1 is 1.11 bits per heavy atom. The smallest absolute Gasteiger partial charge is 0.107 e. The van der Waals surface area contributed by atoms with E-state index in [9.17, 15) is 0 Å². The normalized spacial score (nSPS) is 10.8. The van der Waals surface area contributed by atoms with E-state index < -0.39 is 0 Å². The van der Waals surface area contributed by atoms with Gasteiger partial charge in [-0.2, -0.15) is 0 Å². The molecule has 2 aromatic carbocycles. The molecular weight excluding hydrogens is 220 g/mol. The zero-order valence-corrected chi connectivity index (χ0v) is 10.9. The van der Waals surface area contributed by atoms with Gasteiger partial charge in [-0.3, -0.25) is 0 Å². The number of terminal acetylenes is 1. The van der Waals surface area contributed by atoms with Gasteiger partial charge in [0.25, 0.3) is 0 Å². The van der Waals surface area contributed by atoms with Crippen LogP contribution in [0.2, 0.25) is 0 Å². The Morgan fingerprint density at radius 2 is 1.83 bits per heavy atom. The molecule has 0 saturated carbocycles. The van der Waals surface area contributed by atoms with E-state index in [4.69, 9.17) is 11.2 Å². The Kier molecular flexibility index (Phi) is 4.02. The van der Waals surface area contributed by atoms with Gasteiger partial charge in [0.05, 0.1) is 6.61 Å². The topological polar surface area (TPSA) is 9.23 Å². The van der Waals surface area contributed by atoms with E-state index in [1.165, 1.54) is 21.9 Å². The highest BCUT2D eigenvalue weighted by Gasteiger charge is 2.07. The SMILES string of the molecule is C#CCOCc1cccc2c(C(C)C)cccc12. The summed E-state index contributed by atoms with van der Waals surface area (Å²) < 4.78 is 5.44. The van der Waals surface area contributed by atoms with E-state index in [1.807, 2.05) is 0 Å². The molecule has 0 aliphatic carbocycles. The number of hydrogen-bond donors (Lipinski definition) is 0. The van der Waals surface area contributed by atoms with Crippen molar-refractivity contribution in [2.24, 2.45) is 0 Å². The maximum atomic E-state index is 5.44. The lowest BCUT2D eigenvalue weighted by molar-refractivity contribution is 0.154. The second kappa shape index (κ2) is 5.71. The van der Waals surface area contributed by atoms with E-state index in [-0.39, 0.29) is 0 Å². The molecule has 0 aromatic heterocycles. The Hall–Kier alpha value is -1.78. The summed E-state index contributed by atoms with van der Waals surface area (Å²) in [5.41, 5.74) is 2.58. The average molecular weight is 238 g/mol. The van der Waals surface area contributed by atoms with E-state index in [2.05, 4.69) is 56.2 Å². The molecule has 92 valence electrons. The second-order valence-corrected chi connectivity index (χ2v) is 4.71. The van der Waals surface area contributed by atoms with Crippen LogP contribution in [0.3, 0.4) is 0 Å². The Bertz CT molecular complexity index is 576. The number of hydrogen-bond acceptors (Lipinski definition) is 1. The van der Waals surface area contributed by atoms with E-state index in [1.54, 1.807) is 0 Å². The molecule has 0 aliphatic rings. The van der Waals surface area contributed by atoms with Gasteiger partial charge in [-0.05, 0) is 27.8 Å². The first kappa shape index (κ1) is 12.7. The van der Waals surface area contributed by atoms with Gasteiger partial charge in [0.2, 0.25) is 0 Å². The van der Waals surface area contributed by atoms with Crippen LogP contribution in [0.1, 0.15) is 30.9 Å². The molecule has 1 nitrogen and oxygen atoms in total. The van der Waals surface area contributed by atoms with Gasteiger partial charge in [-0.25, -0.2) is 0 Å². The lowest BCUT2D eigenvalue weighted by atomic mass is 9.94. The molecule has 0 N–H and O–H groups in total. The minimum atomic E-state index is 0.361. The summed E-state index contributed by atoms with van der Waals surface area (Å²) in [6.07, 6.45) is 5.19. The average Bonchev–Trinajstić information content (AvgIpc) is 2.38. The van der Waals surface area contributed by atoms with Gasteiger partial charge in [-0.1, -0.05) is 56.2 Å². The number of fused-ring (bicyclic) bond motifs is 1. The van der Waals surface area contributed by atoms with Crippen molar-refractivity contribution >= 4 is 10.8 Å². The van der Waals surface area contributed by atoms with Crippen LogP contribution in [0.15, 0.2) is 36.4 Å². The molecule has 0 heterocycles. The molecule has 0 bridgehead atoms. The second-order valence-electron chi connectivity index (χ2n) is 4.71. The van der Waals surface area contributed by atoms with Gasteiger partial charge in [0.1, 0.15) is 6.61 Å². The molecule has 0 saturated heterocycles. The van der Waals surface area contributed by atoms with Crippen molar-refractivity contribution in [2.45, 2.75) is 26.4 Å². The minimum Gasteiger partial charge on any atom is -0.364 e. The highest BCUT2D eigenvalue weighted by atomic mass is 16.5. The summed E-state index contributed by atoms with van der Waals surface area (Å²) in [5, 5.41) is 2.58. The van der Waals surface area contributed by atoms with E-state index >= 15 is 0 Å². The largest absolute Gasteiger partial charge is 0.364 e. The van der Waals surface area contributed by atoms with Crippen molar-refractivity contribution in [3.63, 3.8) is 0 Å². The summed E-state index contributed by atoms with van der Waals surface area (Å²) in [7, 11) is 0. The summed E-state index contributed by atoms with van der Waals surface area (Å²) >= 11 is 0. The van der Waals surface area contributed by atoms with E-state index in [0.29, 0.717) is 19.1 Å². The Labute approximate surface area is 109 Å². The third-order valence-electron chi connectivity index (χ3n) is 3.11. The zero-order valence-electron chi connectivity index (χ0n) is 10.9.